The Hall–Kier alpha value is -3.23. The zero-order valence-electron chi connectivity index (χ0n) is 14.8. The van der Waals surface area contributed by atoms with Gasteiger partial charge in [-0.1, -0.05) is 58.8 Å². The monoisotopic (exact) mass is 413 g/mol. The van der Waals surface area contributed by atoms with Crippen molar-refractivity contribution in [3.8, 4) is 0 Å². The average molecular weight is 414 g/mol. The van der Waals surface area contributed by atoms with Crippen molar-refractivity contribution in [3.05, 3.63) is 70.2 Å². The van der Waals surface area contributed by atoms with E-state index in [-0.39, 0.29) is 5.15 Å². The standard InChI is InChI=1S/C19H16ClN5O2S/c1-12-7-9-14(10-8-12)22-17(26)18(27)25-21-11-15-16(20)24-19(28-15)23-13-5-3-2-4-6-13/h2-11H,1H3,(H,22,26)(H,23,24)(H,25,27)/b21-11+. The van der Waals surface area contributed by atoms with Gasteiger partial charge >= 0.3 is 11.8 Å². The van der Waals surface area contributed by atoms with Crippen molar-refractivity contribution in [1.29, 1.82) is 0 Å². The largest absolute Gasteiger partial charge is 0.331 e. The molecular weight excluding hydrogens is 398 g/mol. The van der Waals surface area contributed by atoms with Gasteiger partial charge in [-0.05, 0) is 31.2 Å². The van der Waals surface area contributed by atoms with Gasteiger partial charge in [-0.2, -0.15) is 5.10 Å². The number of nitrogens with one attached hydrogen (secondary N) is 3. The molecule has 3 rings (SSSR count). The van der Waals surface area contributed by atoms with Gasteiger partial charge in [0.25, 0.3) is 0 Å². The third-order valence-electron chi connectivity index (χ3n) is 3.50. The number of aromatic nitrogens is 1. The Kier molecular flexibility index (Phi) is 6.36. The Labute approximate surface area is 170 Å². The van der Waals surface area contributed by atoms with Crippen LogP contribution in [0, 0.1) is 6.92 Å². The van der Waals surface area contributed by atoms with Crippen molar-refractivity contribution in [2.45, 2.75) is 6.92 Å². The van der Waals surface area contributed by atoms with Gasteiger partial charge in [-0.3, -0.25) is 9.59 Å². The number of rotatable bonds is 5. The van der Waals surface area contributed by atoms with Crippen molar-refractivity contribution in [2.24, 2.45) is 5.10 Å². The minimum atomic E-state index is -0.889. The number of anilines is 3. The summed E-state index contributed by atoms with van der Waals surface area (Å²) in [5.74, 6) is -1.71. The predicted octanol–water partition coefficient (Wildman–Crippen LogP) is 3.94. The lowest BCUT2D eigenvalue weighted by molar-refractivity contribution is -0.136. The molecule has 28 heavy (non-hydrogen) atoms. The Balaban J connectivity index is 1.55. The van der Waals surface area contributed by atoms with Crippen LogP contribution in [-0.4, -0.2) is 23.0 Å². The minimum Gasteiger partial charge on any atom is -0.331 e. The van der Waals surface area contributed by atoms with Crippen molar-refractivity contribution < 1.29 is 9.59 Å². The molecule has 3 N–H and O–H groups in total. The van der Waals surface area contributed by atoms with Crippen LogP contribution in [-0.2, 0) is 9.59 Å². The summed E-state index contributed by atoms with van der Waals surface area (Å²) in [7, 11) is 0. The molecule has 0 fully saturated rings. The van der Waals surface area contributed by atoms with Crippen LogP contribution < -0.4 is 16.1 Å². The van der Waals surface area contributed by atoms with Crippen LogP contribution in [0.3, 0.4) is 0 Å². The molecule has 0 unspecified atom stereocenters. The smallest absolute Gasteiger partial charge is 0.329 e. The van der Waals surface area contributed by atoms with Crippen LogP contribution in [0.5, 0.6) is 0 Å². The number of nitrogens with zero attached hydrogens (tertiary/aromatic N) is 2. The summed E-state index contributed by atoms with van der Waals surface area (Å²) in [5, 5.41) is 10.2. The highest BCUT2D eigenvalue weighted by molar-refractivity contribution is 7.17. The predicted molar refractivity (Wildman–Crippen MR) is 112 cm³/mol. The first-order valence-electron chi connectivity index (χ1n) is 8.21. The highest BCUT2D eigenvalue weighted by atomic mass is 35.5. The first-order valence-corrected chi connectivity index (χ1v) is 9.40. The number of carbonyl (C=O) groups excluding carboxylic acids is 2. The Morgan fingerprint density at radius 3 is 2.46 bits per heavy atom. The van der Waals surface area contributed by atoms with E-state index >= 15 is 0 Å². The van der Waals surface area contributed by atoms with Gasteiger partial charge in [0.2, 0.25) is 0 Å². The molecule has 3 aromatic rings. The molecule has 0 saturated carbocycles. The summed E-state index contributed by atoms with van der Waals surface area (Å²) >= 11 is 7.35. The maximum absolute atomic E-state index is 11.9. The molecule has 0 aliphatic carbocycles. The highest BCUT2D eigenvalue weighted by Gasteiger charge is 2.13. The van der Waals surface area contributed by atoms with E-state index in [1.807, 2.05) is 49.4 Å². The van der Waals surface area contributed by atoms with Crippen LogP contribution in [0.15, 0.2) is 59.7 Å². The first kappa shape index (κ1) is 19.5. The summed E-state index contributed by atoms with van der Waals surface area (Å²) in [5.41, 5.74) is 4.62. The molecule has 1 heterocycles. The molecule has 0 bridgehead atoms. The molecule has 7 nitrogen and oxygen atoms in total. The minimum absolute atomic E-state index is 0.241. The van der Waals surface area contributed by atoms with Crippen LogP contribution >= 0.6 is 22.9 Å². The van der Waals surface area contributed by atoms with Crippen molar-refractivity contribution in [1.82, 2.24) is 10.4 Å². The van der Waals surface area contributed by atoms with Gasteiger partial charge in [0.15, 0.2) is 10.3 Å². The molecule has 9 heteroatoms. The van der Waals surface area contributed by atoms with Crippen LogP contribution in [0.4, 0.5) is 16.5 Å². The van der Waals surface area contributed by atoms with Gasteiger partial charge in [-0.25, -0.2) is 10.4 Å². The maximum atomic E-state index is 11.9. The third-order valence-corrected chi connectivity index (χ3v) is 4.80. The van der Waals surface area contributed by atoms with Gasteiger partial charge in [0, 0.05) is 11.4 Å². The summed E-state index contributed by atoms with van der Waals surface area (Å²) < 4.78 is 0. The number of amides is 2. The molecule has 0 radical (unpaired) electrons. The SMILES string of the molecule is Cc1ccc(NC(=O)C(=O)N/N=C/c2sc(Nc3ccccc3)nc2Cl)cc1. The average Bonchev–Trinajstić information content (AvgIpc) is 3.03. The van der Waals surface area contributed by atoms with Gasteiger partial charge in [-0.15, -0.1) is 0 Å². The second-order valence-corrected chi connectivity index (χ2v) is 7.07. The highest BCUT2D eigenvalue weighted by Crippen LogP contribution is 2.27. The van der Waals surface area contributed by atoms with Crippen LogP contribution in [0.2, 0.25) is 5.15 Å². The quantitative estimate of drug-likeness (QED) is 0.335. The molecule has 0 aliphatic heterocycles. The van der Waals surface area contributed by atoms with E-state index in [0.717, 1.165) is 11.3 Å². The van der Waals surface area contributed by atoms with Crippen molar-refractivity contribution >= 4 is 57.5 Å². The number of thiazole rings is 1. The normalized spacial score (nSPS) is 10.6. The van der Waals surface area contributed by atoms with E-state index in [9.17, 15) is 9.59 Å². The molecule has 0 spiro atoms. The fourth-order valence-electron chi connectivity index (χ4n) is 2.12. The number of hydrogen-bond donors (Lipinski definition) is 3. The first-order chi connectivity index (χ1) is 13.5. The summed E-state index contributed by atoms with van der Waals surface area (Å²) in [6, 6.07) is 16.6. The second kappa shape index (κ2) is 9.12. The van der Waals surface area contributed by atoms with Gasteiger partial charge in [0.05, 0.1) is 11.1 Å². The Morgan fingerprint density at radius 1 is 1.04 bits per heavy atom. The van der Waals surface area contributed by atoms with Crippen LogP contribution in [0.25, 0.3) is 0 Å². The van der Waals surface area contributed by atoms with Crippen LogP contribution in [0.1, 0.15) is 10.4 Å². The molecule has 2 aromatic carbocycles. The van der Waals surface area contributed by atoms with Gasteiger partial charge < -0.3 is 10.6 Å². The topological polar surface area (TPSA) is 95.5 Å². The van der Waals surface area contributed by atoms with E-state index in [2.05, 4.69) is 26.1 Å². The molecule has 142 valence electrons. The summed E-state index contributed by atoms with van der Waals surface area (Å²) in [4.78, 5) is 28.4. The van der Waals surface area contributed by atoms with E-state index in [4.69, 9.17) is 11.6 Å². The molecule has 0 aliphatic rings. The lowest BCUT2D eigenvalue weighted by Gasteiger charge is -2.03. The van der Waals surface area contributed by atoms with Gasteiger partial charge in [0.1, 0.15) is 0 Å². The molecule has 0 atom stereocenters. The Bertz CT molecular complexity index is 1000. The van der Waals surface area contributed by atoms with E-state index in [1.54, 1.807) is 12.1 Å². The lowest BCUT2D eigenvalue weighted by Crippen LogP contribution is -2.32. The number of hydrazone groups is 1. The molecule has 1 aromatic heterocycles. The fraction of sp³-hybridized carbons (Fsp3) is 0.0526. The third kappa shape index (κ3) is 5.38. The number of para-hydroxylation sites is 1. The number of halogens is 1. The molecular formula is C19H16ClN5O2S. The lowest BCUT2D eigenvalue weighted by atomic mass is 10.2. The zero-order valence-corrected chi connectivity index (χ0v) is 16.3. The zero-order chi connectivity index (χ0) is 19.9. The van der Waals surface area contributed by atoms with E-state index < -0.39 is 11.8 Å². The summed E-state index contributed by atoms with van der Waals surface area (Å²) in [6.45, 7) is 1.93. The summed E-state index contributed by atoms with van der Waals surface area (Å²) in [6.07, 6.45) is 1.34. The second-order valence-electron chi connectivity index (χ2n) is 5.68. The van der Waals surface area contributed by atoms with Crippen molar-refractivity contribution in [3.63, 3.8) is 0 Å². The number of aryl methyl sites for hydroxylation is 1. The molecule has 0 saturated heterocycles. The number of carbonyl (C=O) groups is 2. The Morgan fingerprint density at radius 2 is 1.75 bits per heavy atom. The maximum Gasteiger partial charge on any atom is 0.329 e. The number of hydrogen-bond acceptors (Lipinski definition) is 6. The molecule has 2 amide bonds. The van der Waals surface area contributed by atoms with E-state index in [1.165, 1.54) is 17.6 Å². The van der Waals surface area contributed by atoms with E-state index in [0.29, 0.717) is 15.7 Å². The number of benzene rings is 2. The van der Waals surface area contributed by atoms with Crippen molar-refractivity contribution in [2.75, 3.05) is 10.6 Å². The fourth-order valence-corrected chi connectivity index (χ4v) is 3.16.